The first-order valence-corrected chi connectivity index (χ1v) is 6.86. The van der Waals surface area contributed by atoms with Gasteiger partial charge in [-0.3, -0.25) is 4.79 Å². The molecule has 21 heavy (non-hydrogen) atoms. The summed E-state index contributed by atoms with van der Waals surface area (Å²) < 4.78 is 10.8. The van der Waals surface area contributed by atoms with Crippen LogP contribution in [0.5, 0.6) is 5.75 Å². The summed E-state index contributed by atoms with van der Waals surface area (Å²) in [5, 5.41) is 17.0. The van der Waals surface area contributed by atoms with E-state index in [0.29, 0.717) is 47.4 Å². The van der Waals surface area contributed by atoms with Gasteiger partial charge in [0.25, 0.3) is 5.89 Å². The van der Waals surface area contributed by atoms with Crippen LogP contribution in [0.1, 0.15) is 25.2 Å². The van der Waals surface area contributed by atoms with E-state index in [1.165, 1.54) is 0 Å². The fourth-order valence-electron chi connectivity index (χ4n) is 1.86. The molecule has 0 amide bonds. The molecule has 2 aromatic rings. The lowest BCUT2D eigenvalue weighted by Gasteiger charge is -2.04. The number of hydrogen-bond donors (Lipinski definition) is 1. The van der Waals surface area contributed by atoms with Crippen LogP contribution in [0.4, 0.5) is 0 Å². The Labute approximate surface area is 126 Å². The van der Waals surface area contributed by atoms with E-state index in [-0.39, 0.29) is 6.42 Å². The second-order valence-corrected chi connectivity index (χ2v) is 4.88. The Hall–Kier alpha value is -2.08. The second-order valence-electron chi connectivity index (χ2n) is 4.45. The lowest BCUT2D eigenvalue weighted by atomic mass is 10.2. The monoisotopic (exact) mass is 310 g/mol. The molecule has 2 rings (SSSR count). The lowest BCUT2D eigenvalue weighted by molar-refractivity contribution is -0.137. The van der Waals surface area contributed by atoms with Crippen LogP contribution in [0.2, 0.25) is 5.02 Å². The number of aliphatic carboxylic acids is 1. The predicted octanol–water partition coefficient (Wildman–Crippen LogP) is 3.20. The third-order valence-corrected chi connectivity index (χ3v) is 3.13. The third-order valence-electron chi connectivity index (χ3n) is 2.89. The topological polar surface area (TPSA) is 85.5 Å². The van der Waals surface area contributed by atoms with E-state index >= 15 is 0 Å². The molecule has 0 radical (unpaired) electrons. The number of benzene rings is 1. The predicted molar refractivity (Wildman–Crippen MR) is 76.5 cm³/mol. The Morgan fingerprint density at radius 3 is 2.90 bits per heavy atom. The van der Waals surface area contributed by atoms with Crippen molar-refractivity contribution in [3.8, 4) is 17.2 Å². The molecule has 1 aromatic heterocycles. The van der Waals surface area contributed by atoms with Gasteiger partial charge in [0.1, 0.15) is 5.75 Å². The van der Waals surface area contributed by atoms with E-state index in [9.17, 15) is 4.79 Å². The first-order valence-electron chi connectivity index (χ1n) is 6.48. The van der Waals surface area contributed by atoms with Crippen molar-refractivity contribution in [3.63, 3.8) is 0 Å². The highest BCUT2D eigenvalue weighted by Gasteiger charge is 2.14. The van der Waals surface area contributed by atoms with Crippen molar-refractivity contribution in [1.82, 2.24) is 10.2 Å². The van der Waals surface area contributed by atoms with Crippen LogP contribution in [-0.4, -0.2) is 28.4 Å². The van der Waals surface area contributed by atoms with Gasteiger partial charge in [-0.05, 0) is 31.0 Å². The maximum Gasteiger partial charge on any atom is 0.303 e. The third kappa shape index (κ3) is 4.19. The molecule has 1 heterocycles. The molecule has 0 aliphatic carbocycles. The Morgan fingerprint density at radius 2 is 2.19 bits per heavy atom. The smallest absolute Gasteiger partial charge is 0.303 e. The standard InChI is InChI=1S/C14H15ClN2O4/c1-20-11-7-6-9(15)8-10(11)14-17-16-12(21-14)4-2-3-5-13(18)19/h6-8H,2-5H2,1H3,(H,18,19). The fraction of sp³-hybridized carbons (Fsp3) is 0.357. The fourth-order valence-corrected chi connectivity index (χ4v) is 2.04. The van der Waals surface area contributed by atoms with Crippen LogP contribution in [0, 0.1) is 0 Å². The molecule has 7 heteroatoms. The molecule has 0 fully saturated rings. The zero-order valence-electron chi connectivity index (χ0n) is 11.5. The Balaban J connectivity index is 2.06. The lowest BCUT2D eigenvalue weighted by Crippen LogP contribution is -1.95. The van der Waals surface area contributed by atoms with E-state index in [1.807, 2.05) is 0 Å². The zero-order chi connectivity index (χ0) is 15.2. The summed E-state index contributed by atoms with van der Waals surface area (Å²) in [6.45, 7) is 0. The Kier molecular flexibility index (Phi) is 5.16. The summed E-state index contributed by atoms with van der Waals surface area (Å²) in [5.74, 6) is 0.602. The van der Waals surface area contributed by atoms with Crippen LogP contribution < -0.4 is 4.74 Å². The Bertz CT molecular complexity index is 627. The molecule has 0 bridgehead atoms. The van der Waals surface area contributed by atoms with Crippen LogP contribution in [0.3, 0.4) is 0 Å². The molecule has 0 saturated heterocycles. The van der Waals surface area contributed by atoms with E-state index in [4.69, 9.17) is 25.9 Å². The minimum Gasteiger partial charge on any atom is -0.496 e. The van der Waals surface area contributed by atoms with Gasteiger partial charge < -0.3 is 14.3 Å². The molecule has 112 valence electrons. The molecular formula is C14H15ClN2O4. The van der Waals surface area contributed by atoms with Gasteiger partial charge in [-0.2, -0.15) is 0 Å². The number of nitrogens with zero attached hydrogens (tertiary/aromatic N) is 2. The van der Waals surface area contributed by atoms with Crippen molar-refractivity contribution < 1.29 is 19.1 Å². The van der Waals surface area contributed by atoms with Crippen LogP contribution in [0.15, 0.2) is 22.6 Å². The van der Waals surface area contributed by atoms with Gasteiger partial charge in [-0.15, -0.1) is 10.2 Å². The van der Waals surface area contributed by atoms with Crippen molar-refractivity contribution in [2.45, 2.75) is 25.7 Å². The number of ether oxygens (including phenoxy) is 1. The molecule has 0 aliphatic rings. The average Bonchev–Trinajstić information content (AvgIpc) is 2.92. The molecule has 0 aliphatic heterocycles. The second kappa shape index (κ2) is 7.08. The van der Waals surface area contributed by atoms with Gasteiger partial charge in [-0.25, -0.2) is 0 Å². The highest BCUT2D eigenvalue weighted by atomic mass is 35.5. The van der Waals surface area contributed by atoms with E-state index in [1.54, 1.807) is 25.3 Å². The number of methoxy groups -OCH3 is 1. The average molecular weight is 311 g/mol. The normalized spacial score (nSPS) is 10.6. The van der Waals surface area contributed by atoms with Gasteiger partial charge in [0, 0.05) is 17.9 Å². The number of halogens is 1. The molecule has 1 aromatic carbocycles. The zero-order valence-corrected chi connectivity index (χ0v) is 12.3. The van der Waals surface area contributed by atoms with E-state index < -0.39 is 5.97 Å². The molecule has 6 nitrogen and oxygen atoms in total. The van der Waals surface area contributed by atoms with Crippen molar-refractivity contribution in [1.29, 1.82) is 0 Å². The summed E-state index contributed by atoms with van der Waals surface area (Å²) in [6.07, 6.45) is 1.94. The van der Waals surface area contributed by atoms with E-state index in [2.05, 4.69) is 10.2 Å². The number of aryl methyl sites for hydroxylation is 1. The number of hydrogen-bond acceptors (Lipinski definition) is 5. The summed E-state index contributed by atoms with van der Waals surface area (Å²) in [5.41, 5.74) is 0.634. The quantitative estimate of drug-likeness (QED) is 0.790. The largest absolute Gasteiger partial charge is 0.496 e. The molecule has 0 saturated carbocycles. The minimum absolute atomic E-state index is 0.142. The van der Waals surface area contributed by atoms with Gasteiger partial charge in [0.15, 0.2) is 0 Å². The number of carboxylic acids is 1. The SMILES string of the molecule is COc1ccc(Cl)cc1-c1nnc(CCCCC(=O)O)o1. The van der Waals surface area contributed by atoms with Gasteiger partial charge in [0.2, 0.25) is 5.89 Å². The van der Waals surface area contributed by atoms with Crippen molar-refractivity contribution in [3.05, 3.63) is 29.1 Å². The highest BCUT2D eigenvalue weighted by molar-refractivity contribution is 6.30. The maximum absolute atomic E-state index is 10.4. The van der Waals surface area contributed by atoms with Crippen LogP contribution in [0.25, 0.3) is 11.5 Å². The summed E-state index contributed by atoms with van der Waals surface area (Å²) in [7, 11) is 1.55. The van der Waals surface area contributed by atoms with Gasteiger partial charge in [-0.1, -0.05) is 11.6 Å². The molecule has 1 N–H and O–H groups in total. The number of unbranched alkanes of at least 4 members (excludes halogenated alkanes) is 1. The van der Waals surface area contributed by atoms with Crippen LogP contribution in [-0.2, 0) is 11.2 Å². The van der Waals surface area contributed by atoms with Crippen molar-refractivity contribution >= 4 is 17.6 Å². The van der Waals surface area contributed by atoms with Gasteiger partial charge >= 0.3 is 5.97 Å². The van der Waals surface area contributed by atoms with Crippen LogP contribution >= 0.6 is 11.6 Å². The number of rotatable bonds is 7. The minimum atomic E-state index is -0.801. The first-order chi connectivity index (χ1) is 10.1. The maximum atomic E-state index is 10.4. The number of carbonyl (C=O) groups is 1. The summed E-state index contributed by atoms with van der Waals surface area (Å²) in [4.78, 5) is 10.4. The first kappa shape index (κ1) is 15.3. The van der Waals surface area contributed by atoms with E-state index in [0.717, 1.165) is 0 Å². The summed E-state index contributed by atoms with van der Waals surface area (Å²) >= 11 is 5.96. The molecule has 0 atom stereocenters. The summed E-state index contributed by atoms with van der Waals surface area (Å²) in [6, 6.07) is 5.14. The van der Waals surface area contributed by atoms with Crippen molar-refractivity contribution in [2.24, 2.45) is 0 Å². The number of carboxylic acid groups (broad SMARTS) is 1. The molecular weight excluding hydrogens is 296 g/mol. The molecule has 0 spiro atoms. The Morgan fingerprint density at radius 1 is 1.38 bits per heavy atom. The van der Waals surface area contributed by atoms with Gasteiger partial charge in [0.05, 0.1) is 12.7 Å². The highest BCUT2D eigenvalue weighted by Crippen LogP contribution is 2.31. The van der Waals surface area contributed by atoms with Crippen molar-refractivity contribution in [2.75, 3.05) is 7.11 Å². The number of aromatic nitrogens is 2. The molecule has 0 unspecified atom stereocenters.